The number of aromatic amines is 1. The van der Waals surface area contributed by atoms with E-state index < -0.39 is 11.8 Å². The van der Waals surface area contributed by atoms with Crippen LogP contribution in [0.1, 0.15) is 17.0 Å². The van der Waals surface area contributed by atoms with Crippen molar-refractivity contribution in [1.82, 2.24) is 25.1 Å². The summed E-state index contributed by atoms with van der Waals surface area (Å²) in [7, 11) is 0. The summed E-state index contributed by atoms with van der Waals surface area (Å²) >= 11 is 0. The minimum atomic E-state index is -0.786. The predicted octanol–water partition coefficient (Wildman–Crippen LogP) is 2.41. The molecule has 0 unspecified atom stereocenters. The highest BCUT2D eigenvalue weighted by Gasteiger charge is 2.24. The van der Waals surface area contributed by atoms with Crippen molar-refractivity contribution in [2.24, 2.45) is 0 Å². The van der Waals surface area contributed by atoms with Crippen LogP contribution in [0.15, 0.2) is 60.9 Å². The number of hydrogen-bond donors (Lipinski definition) is 3. The number of benzene rings is 1. The zero-order valence-electron chi connectivity index (χ0n) is 16.9. The first-order valence-electron chi connectivity index (χ1n) is 9.65. The zero-order valence-corrected chi connectivity index (χ0v) is 16.9. The normalized spacial score (nSPS) is 10.7. The largest absolute Gasteiger partial charge is 0.383 e. The Morgan fingerprint density at radius 3 is 2.65 bits per heavy atom. The molecule has 2 amide bonds. The van der Waals surface area contributed by atoms with Crippen LogP contribution in [-0.2, 0) is 22.7 Å². The van der Waals surface area contributed by atoms with E-state index in [1.165, 1.54) is 17.3 Å². The number of nitrogens with zero attached hydrogens (tertiary/aromatic N) is 4. The van der Waals surface area contributed by atoms with Crippen molar-refractivity contribution in [3.05, 3.63) is 77.9 Å². The molecular formula is C22H21N7O2. The maximum Gasteiger partial charge on any atom is 0.314 e. The topological polar surface area (TPSA) is 130 Å². The molecule has 9 heteroatoms. The first-order chi connectivity index (χ1) is 15.0. The van der Waals surface area contributed by atoms with Gasteiger partial charge >= 0.3 is 11.8 Å². The van der Waals surface area contributed by atoms with Crippen LogP contribution >= 0.6 is 0 Å². The number of carbonyl (C=O) groups is 2. The molecular weight excluding hydrogens is 394 g/mol. The van der Waals surface area contributed by atoms with Crippen LogP contribution in [0.25, 0.3) is 10.9 Å². The van der Waals surface area contributed by atoms with Gasteiger partial charge in [0.1, 0.15) is 5.82 Å². The van der Waals surface area contributed by atoms with E-state index in [0.29, 0.717) is 22.3 Å². The molecule has 0 bridgehead atoms. The van der Waals surface area contributed by atoms with Gasteiger partial charge in [0.05, 0.1) is 41.2 Å². The number of aromatic nitrogens is 4. The summed E-state index contributed by atoms with van der Waals surface area (Å²) in [6.07, 6.45) is 2.91. The molecule has 0 aliphatic carbocycles. The molecule has 3 aromatic heterocycles. The number of nitrogen functional groups attached to an aromatic ring is 1. The minimum Gasteiger partial charge on any atom is -0.383 e. The standard InChI is InChI=1S/C22H21N7O2/c1-14-6-5-9-16(26-14)13-29(12-15-7-3-2-4-8-15)22(31)21(30)27-18-11-24-20(23)17-10-25-28-19(17)18/h2-11H,12-13H2,1H3,(H2,23,24)(H,25,28)(H,27,30). The van der Waals surface area contributed by atoms with Crippen molar-refractivity contribution in [2.75, 3.05) is 11.1 Å². The molecule has 0 aliphatic heterocycles. The monoisotopic (exact) mass is 415 g/mol. The number of nitrogens with one attached hydrogen (secondary N) is 2. The van der Waals surface area contributed by atoms with Gasteiger partial charge in [-0.25, -0.2) is 4.98 Å². The molecule has 4 N–H and O–H groups in total. The second-order valence-electron chi connectivity index (χ2n) is 7.09. The summed E-state index contributed by atoms with van der Waals surface area (Å²) in [6, 6.07) is 15.1. The second kappa shape index (κ2) is 8.62. The minimum absolute atomic E-state index is 0.197. The number of hydrogen-bond acceptors (Lipinski definition) is 6. The number of pyridine rings is 2. The number of rotatable bonds is 5. The van der Waals surface area contributed by atoms with Gasteiger partial charge in [-0.3, -0.25) is 19.7 Å². The maximum atomic E-state index is 13.1. The Morgan fingerprint density at radius 2 is 1.87 bits per heavy atom. The van der Waals surface area contributed by atoms with Gasteiger partial charge in [-0.15, -0.1) is 0 Å². The van der Waals surface area contributed by atoms with Crippen LogP contribution < -0.4 is 11.1 Å². The van der Waals surface area contributed by atoms with Crippen molar-refractivity contribution >= 4 is 34.2 Å². The van der Waals surface area contributed by atoms with Crippen molar-refractivity contribution in [2.45, 2.75) is 20.0 Å². The lowest BCUT2D eigenvalue weighted by Crippen LogP contribution is -2.39. The molecule has 0 fully saturated rings. The lowest BCUT2D eigenvalue weighted by Gasteiger charge is -2.22. The Bertz CT molecular complexity index is 1240. The summed E-state index contributed by atoms with van der Waals surface area (Å²) in [5.41, 5.74) is 9.09. The van der Waals surface area contributed by atoms with Crippen LogP contribution in [0.2, 0.25) is 0 Å². The third kappa shape index (κ3) is 4.50. The number of carbonyl (C=O) groups excluding carboxylic acids is 2. The summed E-state index contributed by atoms with van der Waals surface area (Å²) in [4.78, 5) is 35.9. The molecule has 4 rings (SSSR count). The Labute approximate surface area is 178 Å². The molecule has 0 atom stereocenters. The molecule has 9 nitrogen and oxygen atoms in total. The van der Waals surface area contributed by atoms with E-state index in [0.717, 1.165) is 11.3 Å². The highest BCUT2D eigenvalue weighted by Crippen LogP contribution is 2.24. The Balaban J connectivity index is 1.58. The van der Waals surface area contributed by atoms with E-state index in [4.69, 9.17) is 5.73 Å². The first kappa shape index (κ1) is 20.0. The molecule has 0 radical (unpaired) electrons. The summed E-state index contributed by atoms with van der Waals surface area (Å²) in [5, 5.41) is 9.89. The molecule has 4 aromatic rings. The third-order valence-corrected chi connectivity index (χ3v) is 4.76. The molecule has 31 heavy (non-hydrogen) atoms. The Kier molecular flexibility index (Phi) is 5.57. The van der Waals surface area contributed by atoms with Crippen molar-refractivity contribution in [3.63, 3.8) is 0 Å². The SMILES string of the molecule is Cc1cccc(CN(Cc2ccccc2)C(=O)C(=O)Nc2cnc(N)c3cn[nH]c23)n1. The molecule has 0 saturated heterocycles. The zero-order chi connectivity index (χ0) is 21.8. The molecule has 0 aliphatic rings. The number of H-pyrrole nitrogens is 1. The highest BCUT2D eigenvalue weighted by atomic mass is 16.2. The third-order valence-electron chi connectivity index (χ3n) is 4.76. The molecule has 0 spiro atoms. The van der Waals surface area contributed by atoms with Crippen molar-refractivity contribution in [3.8, 4) is 0 Å². The first-order valence-corrected chi connectivity index (χ1v) is 9.65. The van der Waals surface area contributed by atoms with Crippen LogP contribution in [0, 0.1) is 6.92 Å². The number of fused-ring (bicyclic) bond motifs is 1. The second-order valence-corrected chi connectivity index (χ2v) is 7.09. The lowest BCUT2D eigenvalue weighted by atomic mass is 10.2. The molecule has 3 heterocycles. The van der Waals surface area contributed by atoms with E-state index in [1.807, 2.05) is 55.5 Å². The van der Waals surface area contributed by atoms with Crippen LogP contribution in [0.4, 0.5) is 11.5 Å². The number of nitrogens with two attached hydrogens (primary N) is 1. The predicted molar refractivity (Wildman–Crippen MR) is 117 cm³/mol. The highest BCUT2D eigenvalue weighted by molar-refractivity contribution is 6.40. The van der Waals surface area contributed by atoms with Gasteiger partial charge in [-0.05, 0) is 24.6 Å². The fourth-order valence-corrected chi connectivity index (χ4v) is 3.25. The number of amides is 2. The van der Waals surface area contributed by atoms with E-state index in [1.54, 1.807) is 0 Å². The maximum absolute atomic E-state index is 13.1. The fourth-order valence-electron chi connectivity index (χ4n) is 3.25. The van der Waals surface area contributed by atoms with Gasteiger partial charge in [-0.2, -0.15) is 5.10 Å². The van der Waals surface area contributed by atoms with Crippen LogP contribution in [0.3, 0.4) is 0 Å². The van der Waals surface area contributed by atoms with E-state index in [-0.39, 0.29) is 18.9 Å². The van der Waals surface area contributed by atoms with Gasteiger partial charge in [0.2, 0.25) is 0 Å². The Morgan fingerprint density at radius 1 is 1.06 bits per heavy atom. The Hall–Kier alpha value is -4.27. The average molecular weight is 415 g/mol. The quantitative estimate of drug-likeness (QED) is 0.429. The van der Waals surface area contributed by atoms with Gasteiger partial charge in [0.25, 0.3) is 0 Å². The number of anilines is 2. The smallest absolute Gasteiger partial charge is 0.314 e. The van der Waals surface area contributed by atoms with E-state index >= 15 is 0 Å². The average Bonchev–Trinajstić information content (AvgIpc) is 3.27. The van der Waals surface area contributed by atoms with Gasteiger partial charge < -0.3 is 16.0 Å². The fraction of sp³-hybridized carbons (Fsp3) is 0.136. The van der Waals surface area contributed by atoms with Crippen LogP contribution in [0.5, 0.6) is 0 Å². The number of aryl methyl sites for hydroxylation is 1. The summed E-state index contributed by atoms with van der Waals surface area (Å²) < 4.78 is 0. The van der Waals surface area contributed by atoms with E-state index in [2.05, 4.69) is 25.5 Å². The van der Waals surface area contributed by atoms with Gasteiger partial charge in [0, 0.05) is 12.2 Å². The lowest BCUT2D eigenvalue weighted by molar-refractivity contribution is -0.144. The van der Waals surface area contributed by atoms with E-state index in [9.17, 15) is 9.59 Å². The molecule has 156 valence electrons. The van der Waals surface area contributed by atoms with Crippen molar-refractivity contribution in [1.29, 1.82) is 0 Å². The van der Waals surface area contributed by atoms with Gasteiger partial charge in [0.15, 0.2) is 0 Å². The van der Waals surface area contributed by atoms with Gasteiger partial charge in [-0.1, -0.05) is 36.4 Å². The summed E-state index contributed by atoms with van der Waals surface area (Å²) in [5.74, 6) is -1.19. The van der Waals surface area contributed by atoms with Crippen LogP contribution in [-0.4, -0.2) is 36.9 Å². The summed E-state index contributed by atoms with van der Waals surface area (Å²) in [6.45, 7) is 2.34. The van der Waals surface area contributed by atoms with Crippen molar-refractivity contribution < 1.29 is 9.59 Å². The molecule has 1 aromatic carbocycles. The molecule has 0 saturated carbocycles.